The fourth-order valence-corrected chi connectivity index (χ4v) is 4.24. The van der Waals surface area contributed by atoms with Crippen molar-refractivity contribution in [1.29, 1.82) is 0 Å². The van der Waals surface area contributed by atoms with Crippen LogP contribution in [0.4, 0.5) is 10.5 Å². The maximum Gasteiger partial charge on any atom is 0.322 e. The van der Waals surface area contributed by atoms with E-state index in [2.05, 4.69) is 20.7 Å². The van der Waals surface area contributed by atoms with Crippen LogP contribution in [-0.4, -0.2) is 32.2 Å². The molecule has 0 aromatic heterocycles. The summed E-state index contributed by atoms with van der Waals surface area (Å²) in [4.78, 5) is 46.8. The zero-order valence-corrected chi connectivity index (χ0v) is 15.7. The summed E-state index contributed by atoms with van der Waals surface area (Å²) in [7, 11) is -4.09. The molecule has 0 radical (unpaired) electrons. The third-order valence-electron chi connectivity index (χ3n) is 4.75. The van der Waals surface area contributed by atoms with Crippen LogP contribution >= 0.6 is 0 Å². The maximum absolute atomic E-state index is 12.7. The number of sulfonamides is 1. The minimum Gasteiger partial charge on any atom is -0.320 e. The van der Waals surface area contributed by atoms with Crippen molar-refractivity contribution in [2.24, 2.45) is 0 Å². The van der Waals surface area contributed by atoms with E-state index in [0.29, 0.717) is 5.56 Å². The van der Waals surface area contributed by atoms with Gasteiger partial charge in [-0.25, -0.2) is 13.2 Å². The van der Waals surface area contributed by atoms with Crippen LogP contribution < -0.4 is 20.7 Å². The predicted molar refractivity (Wildman–Crippen MR) is 99.5 cm³/mol. The highest BCUT2D eigenvalue weighted by molar-refractivity contribution is 7.92. The summed E-state index contributed by atoms with van der Waals surface area (Å²) in [6.07, 6.45) is 0. The van der Waals surface area contributed by atoms with Crippen LogP contribution in [0.5, 0.6) is 0 Å². The van der Waals surface area contributed by atoms with Crippen molar-refractivity contribution in [3.63, 3.8) is 0 Å². The molecule has 1 fully saturated rings. The summed E-state index contributed by atoms with van der Waals surface area (Å²) >= 11 is 0. The molecule has 148 valence electrons. The molecule has 1 unspecified atom stereocenters. The average molecular weight is 414 g/mol. The number of urea groups is 1. The molecule has 1 atom stereocenters. The minimum atomic E-state index is -4.09. The first-order valence-corrected chi connectivity index (χ1v) is 9.85. The van der Waals surface area contributed by atoms with Crippen molar-refractivity contribution >= 4 is 39.5 Å². The van der Waals surface area contributed by atoms with E-state index in [1.165, 1.54) is 37.3 Å². The van der Waals surface area contributed by atoms with Crippen LogP contribution in [0.1, 0.15) is 33.2 Å². The quantitative estimate of drug-likeness (QED) is 0.421. The van der Waals surface area contributed by atoms with E-state index in [-0.39, 0.29) is 21.7 Å². The second-order valence-electron chi connectivity index (χ2n) is 6.71. The van der Waals surface area contributed by atoms with Gasteiger partial charge in [-0.3, -0.25) is 29.7 Å². The molecule has 2 aromatic rings. The molecular weight excluding hydrogens is 400 g/mol. The Hall–Kier alpha value is -3.73. The van der Waals surface area contributed by atoms with E-state index in [4.69, 9.17) is 0 Å². The van der Waals surface area contributed by atoms with Crippen LogP contribution in [0.15, 0.2) is 47.4 Å². The molecule has 0 saturated carbocycles. The molecule has 2 aromatic carbocycles. The van der Waals surface area contributed by atoms with Gasteiger partial charge in [0.15, 0.2) is 0 Å². The summed E-state index contributed by atoms with van der Waals surface area (Å²) < 4.78 is 27.9. The molecular formula is C18H14N4O6S. The third-order valence-corrected chi connectivity index (χ3v) is 6.13. The number of hydrogen-bond donors (Lipinski definition) is 4. The van der Waals surface area contributed by atoms with Crippen LogP contribution in [0.2, 0.25) is 0 Å². The highest BCUT2D eigenvalue weighted by Crippen LogP contribution is 2.28. The number of anilines is 1. The molecule has 4 rings (SSSR count). The Morgan fingerprint density at radius 1 is 0.897 bits per heavy atom. The lowest BCUT2D eigenvalue weighted by Gasteiger charge is -2.21. The Labute approximate surface area is 164 Å². The largest absolute Gasteiger partial charge is 0.322 e. The number of hydrogen-bond acceptors (Lipinski definition) is 6. The summed E-state index contributed by atoms with van der Waals surface area (Å²) in [5.41, 5.74) is -0.736. The summed E-state index contributed by atoms with van der Waals surface area (Å²) in [5.74, 6) is -1.81. The smallest absolute Gasteiger partial charge is 0.320 e. The second kappa shape index (κ2) is 6.14. The Morgan fingerprint density at radius 2 is 1.62 bits per heavy atom. The Kier molecular flexibility index (Phi) is 3.94. The van der Waals surface area contributed by atoms with E-state index in [0.717, 1.165) is 6.07 Å². The van der Waals surface area contributed by atoms with Gasteiger partial charge < -0.3 is 5.32 Å². The standard InChI is InChI=1S/C18H14N4O6S/c1-18(16(25)20-17(26)21-18)9-3-2-4-10(7-9)22-29(27,28)11-5-6-12-13(8-11)15(24)19-14(12)23/h2-8,22H,1H3,(H,19,23,24)(H2,20,21,25,26). The first-order chi connectivity index (χ1) is 13.6. The number of rotatable bonds is 4. The number of nitrogens with one attached hydrogen (secondary N) is 4. The van der Waals surface area contributed by atoms with Gasteiger partial charge in [0.25, 0.3) is 27.7 Å². The molecule has 4 N–H and O–H groups in total. The lowest BCUT2D eigenvalue weighted by molar-refractivity contribution is -0.123. The highest BCUT2D eigenvalue weighted by atomic mass is 32.2. The van der Waals surface area contributed by atoms with Gasteiger partial charge in [-0.2, -0.15) is 0 Å². The lowest BCUT2D eigenvalue weighted by Crippen LogP contribution is -2.40. The van der Waals surface area contributed by atoms with Crippen LogP contribution in [0, 0.1) is 0 Å². The molecule has 2 heterocycles. The fourth-order valence-electron chi connectivity index (χ4n) is 3.17. The molecule has 10 nitrogen and oxygen atoms in total. The van der Waals surface area contributed by atoms with Gasteiger partial charge in [0.1, 0.15) is 5.54 Å². The highest BCUT2D eigenvalue weighted by Gasteiger charge is 2.43. The van der Waals surface area contributed by atoms with Gasteiger partial charge in [-0.1, -0.05) is 12.1 Å². The van der Waals surface area contributed by atoms with E-state index >= 15 is 0 Å². The second-order valence-corrected chi connectivity index (χ2v) is 8.39. The molecule has 1 saturated heterocycles. The van der Waals surface area contributed by atoms with Gasteiger partial charge >= 0.3 is 6.03 Å². The van der Waals surface area contributed by atoms with Crippen LogP contribution in [0.25, 0.3) is 0 Å². The third kappa shape index (κ3) is 3.01. The van der Waals surface area contributed by atoms with Crippen molar-refractivity contribution in [1.82, 2.24) is 16.0 Å². The van der Waals surface area contributed by atoms with Crippen molar-refractivity contribution in [3.05, 3.63) is 59.2 Å². The van der Waals surface area contributed by atoms with E-state index in [1.807, 2.05) is 0 Å². The van der Waals surface area contributed by atoms with Crippen molar-refractivity contribution in [3.8, 4) is 0 Å². The van der Waals surface area contributed by atoms with Crippen LogP contribution in [-0.2, 0) is 20.4 Å². The summed E-state index contributed by atoms with van der Waals surface area (Å²) in [6, 6.07) is 8.96. The Balaban J connectivity index is 1.66. The first kappa shape index (κ1) is 18.6. The molecule has 5 amide bonds. The lowest BCUT2D eigenvalue weighted by atomic mass is 9.92. The molecule has 11 heteroatoms. The zero-order chi connectivity index (χ0) is 21.0. The number of amides is 5. The summed E-state index contributed by atoms with van der Waals surface area (Å²) in [5, 5.41) is 6.74. The molecule has 2 aliphatic rings. The molecule has 2 aliphatic heterocycles. The SMILES string of the molecule is CC1(c2cccc(NS(=O)(=O)c3ccc4c(c3)C(=O)NC4=O)c2)NC(=O)NC1=O. The van der Waals surface area contributed by atoms with Crippen molar-refractivity contribution in [2.75, 3.05) is 4.72 Å². The molecule has 0 bridgehead atoms. The Bertz CT molecular complexity index is 1220. The number of benzene rings is 2. The number of imide groups is 2. The number of fused-ring (bicyclic) bond motifs is 1. The average Bonchev–Trinajstić information content (AvgIpc) is 3.09. The van der Waals surface area contributed by atoms with E-state index in [9.17, 15) is 27.6 Å². The van der Waals surface area contributed by atoms with Gasteiger partial charge in [-0.05, 0) is 42.8 Å². The fraction of sp³-hybridized carbons (Fsp3) is 0.111. The first-order valence-electron chi connectivity index (χ1n) is 8.37. The predicted octanol–water partition coefficient (Wildman–Crippen LogP) is 0.426. The van der Waals surface area contributed by atoms with Gasteiger partial charge in [0, 0.05) is 5.69 Å². The minimum absolute atomic E-state index is 0.0236. The van der Waals surface area contributed by atoms with Gasteiger partial charge in [0.05, 0.1) is 16.0 Å². The van der Waals surface area contributed by atoms with Gasteiger partial charge in [0.2, 0.25) is 0 Å². The van der Waals surface area contributed by atoms with E-state index in [1.54, 1.807) is 6.07 Å². The normalized spacial score (nSPS) is 20.7. The maximum atomic E-state index is 12.7. The molecule has 0 spiro atoms. The molecule has 0 aliphatic carbocycles. The van der Waals surface area contributed by atoms with Gasteiger partial charge in [-0.15, -0.1) is 0 Å². The topological polar surface area (TPSA) is 151 Å². The van der Waals surface area contributed by atoms with Crippen molar-refractivity contribution in [2.45, 2.75) is 17.4 Å². The number of carbonyl (C=O) groups is 4. The van der Waals surface area contributed by atoms with Crippen LogP contribution in [0.3, 0.4) is 0 Å². The summed E-state index contributed by atoms with van der Waals surface area (Å²) in [6.45, 7) is 1.50. The Morgan fingerprint density at radius 3 is 2.31 bits per heavy atom. The van der Waals surface area contributed by atoms with Crippen molar-refractivity contribution < 1.29 is 27.6 Å². The number of carbonyl (C=O) groups excluding carboxylic acids is 4. The zero-order valence-electron chi connectivity index (χ0n) is 14.9. The molecule has 29 heavy (non-hydrogen) atoms. The van der Waals surface area contributed by atoms with E-state index < -0.39 is 39.3 Å². The monoisotopic (exact) mass is 414 g/mol.